The van der Waals surface area contributed by atoms with E-state index in [2.05, 4.69) is 0 Å². The number of carboxylic acids is 1. The Bertz CT molecular complexity index is 584. The molecule has 1 aromatic carbocycles. The number of aryl methyl sites for hydroxylation is 1. The first-order valence-corrected chi connectivity index (χ1v) is 5.09. The second kappa shape index (κ2) is 4.25. The number of aromatic nitrogens is 1. The molecule has 1 N–H and O–H groups in total. The molecule has 0 bridgehead atoms. The molecule has 0 aliphatic rings. The first kappa shape index (κ1) is 11.1. The Balaban J connectivity index is 2.52. The highest BCUT2D eigenvalue weighted by Crippen LogP contribution is 2.14. The molecule has 0 aliphatic heterocycles. The average molecular weight is 229 g/mol. The highest BCUT2D eigenvalue weighted by atomic mass is 16.4. The molecule has 0 amide bonds. The van der Waals surface area contributed by atoms with E-state index in [-0.39, 0.29) is 16.9 Å². The number of hydrogen-bond acceptors (Lipinski definition) is 2. The van der Waals surface area contributed by atoms with Crippen LogP contribution in [0.5, 0.6) is 0 Å². The summed E-state index contributed by atoms with van der Waals surface area (Å²) in [6, 6.07) is 9.63. The lowest BCUT2D eigenvalue weighted by Gasteiger charge is -2.05. The lowest BCUT2D eigenvalue weighted by molar-refractivity contribution is 0.0692. The Kier molecular flexibility index (Phi) is 2.78. The van der Waals surface area contributed by atoms with Gasteiger partial charge in [-0.2, -0.15) is 0 Å². The number of rotatable bonds is 3. The molecule has 86 valence electrons. The smallest absolute Gasteiger partial charge is 0.336 e. The van der Waals surface area contributed by atoms with Crippen LogP contribution in [0, 0.1) is 0 Å². The van der Waals surface area contributed by atoms with Gasteiger partial charge in [-0.1, -0.05) is 18.2 Å². The fraction of sp³-hybridized carbons (Fsp3) is 0.0769. The zero-order valence-corrected chi connectivity index (χ0v) is 9.25. The second-order valence-corrected chi connectivity index (χ2v) is 3.68. The highest BCUT2D eigenvalue weighted by molar-refractivity contribution is 6.13. The fourth-order valence-corrected chi connectivity index (χ4v) is 1.70. The van der Waals surface area contributed by atoms with Crippen LogP contribution in [0.3, 0.4) is 0 Å². The minimum absolute atomic E-state index is 0.0266. The van der Waals surface area contributed by atoms with Crippen LogP contribution >= 0.6 is 0 Å². The van der Waals surface area contributed by atoms with Crippen molar-refractivity contribution >= 4 is 11.8 Å². The van der Waals surface area contributed by atoms with Crippen molar-refractivity contribution < 1.29 is 14.7 Å². The summed E-state index contributed by atoms with van der Waals surface area (Å²) in [5.41, 5.74) is 0.708. The molecule has 17 heavy (non-hydrogen) atoms. The quantitative estimate of drug-likeness (QED) is 0.818. The summed E-state index contributed by atoms with van der Waals surface area (Å²) in [6.45, 7) is 0. The second-order valence-electron chi connectivity index (χ2n) is 3.68. The van der Waals surface area contributed by atoms with E-state index in [9.17, 15) is 9.59 Å². The van der Waals surface area contributed by atoms with Gasteiger partial charge in [0.15, 0.2) is 0 Å². The average Bonchev–Trinajstić information content (AvgIpc) is 2.74. The molecule has 0 aliphatic carbocycles. The molecule has 0 saturated carbocycles. The summed E-state index contributed by atoms with van der Waals surface area (Å²) >= 11 is 0. The van der Waals surface area contributed by atoms with Crippen molar-refractivity contribution in [3.8, 4) is 0 Å². The zero-order valence-electron chi connectivity index (χ0n) is 9.25. The van der Waals surface area contributed by atoms with Crippen LogP contribution in [0.25, 0.3) is 0 Å². The number of carboxylic acid groups (broad SMARTS) is 1. The molecule has 4 heteroatoms. The maximum Gasteiger partial charge on any atom is 0.336 e. The normalized spacial score (nSPS) is 10.2. The molecule has 1 heterocycles. The summed E-state index contributed by atoms with van der Waals surface area (Å²) in [4.78, 5) is 23.2. The van der Waals surface area contributed by atoms with Crippen LogP contribution in [0.1, 0.15) is 26.4 Å². The third-order valence-corrected chi connectivity index (χ3v) is 2.58. The largest absolute Gasteiger partial charge is 0.478 e. The van der Waals surface area contributed by atoms with Crippen molar-refractivity contribution in [2.75, 3.05) is 0 Å². The summed E-state index contributed by atoms with van der Waals surface area (Å²) in [7, 11) is 1.75. The molecule has 2 rings (SSSR count). The van der Waals surface area contributed by atoms with Gasteiger partial charge in [0, 0.05) is 18.8 Å². The van der Waals surface area contributed by atoms with Gasteiger partial charge in [0.25, 0.3) is 0 Å². The number of aromatic carboxylic acids is 1. The molecule has 0 fully saturated rings. The molecule has 1 aromatic heterocycles. The van der Waals surface area contributed by atoms with Gasteiger partial charge in [-0.05, 0) is 18.2 Å². The third kappa shape index (κ3) is 1.97. The molecule has 0 atom stereocenters. The van der Waals surface area contributed by atoms with E-state index in [0.29, 0.717) is 5.69 Å². The standard InChI is InChI=1S/C13H11NO3/c1-14-8-4-7-11(14)12(15)9-5-2-3-6-10(9)13(16)17/h2-8H,1H3,(H,16,17). The Hall–Kier alpha value is -2.36. The van der Waals surface area contributed by atoms with E-state index >= 15 is 0 Å². The van der Waals surface area contributed by atoms with E-state index in [1.54, 1.807) is 42.1 Å². The molecule has 0 unspecified atom stereocenters. The maximum atomic E-state index is 12.2. The zero-order chi connectivity index (χ0) is 12.4. The van der Waals surface area contributed by atoms with Gasteiger partial charge >= 0.3 is 5.97 Å². The van der Waals surface area contributed by atoms with Crippen LogP contribution in [0.4, 0.5) is 0 Å². The summed E-state index contributed by atoms with van der Waals surface area (Å²) < 4.78 is 1.67. The van der Waals surface area contributed by atoms with Gasteiger partial charge in [-0.25, -0.2) is 4.79 Å². The predicted molar refractivity (Wildman–Crippen MR) is 62.2 cm³/mol. The van der Waals surface area contributed by atoms with Crippen LogP contribution in [0.2, 0.25) is 0 Å². The topological polar surface area (TPSA) is 59.3 Å². The Morgan fingerprint density at radius 2 is 1.71 bits per heavy atom. The van der Waals surface area contributed by atoms with Gasteiger partial charge in [0.1, 0.15) is 0 Å². The van der Waals surface area contributed by atoms with Crippen molar-refractivity contribution in [3.63, 3.8) is 0 Å². The summed E-state index contributed by atoms with van der Waals surface area (Å²) in [5, 5.41) is 9.02. The van der Waals surface area contributed by atoms with Crippen LogP contribution in [0.15, 0.2) is 42.6 Å². The number of ketones is 1. The number of carbonyl (C=O) groups is 2. The van der Waals surface area contributed by atoms with Gasteiger partial charge < -0.3 is 9.67 Å². The molecular weight excluding hydrogens is 218 g/mol. The predicted octanol–water partition coefficient (Wildman–Crippen LogP) is 1.95. The first-order valence-electron chi connectivity index (χ1n) is 5.09. The van der Waals surface area contributed by atoms with E-state index in [1.165, 1.54) is 12.1 Å². The molecule has 2 aromatic rings. The Morgan fingerprint density at radius 1 is 1.06 bits per heavy atom. The molecule has 0 saturated heterocycles. The van der Waals surface area contributed by atoms with Crippen molar-refractivity contribution in [3.05, 3.63) is 59.4 Å². The lowest BCUT2D eigenvalue weighted by atomic mass is 10.0. The monoisotopic (exact) mass is 229 g/mol. The van der Waals surface area contributed by atoms with Gasteiger partial charge in [-0.3, -0.25) is 4.79 Å². The Morgan fingerprint density at radius 3 is 2.24 bits per heavy atom. The minimum atomic E-state index is -1.09. The van der Waals surface area contributed by atoms with E-state index in [0.717, 1.165) is 0 Å². The number of carbonyl (C=O) groups excluding carboxylic acids is 1. The van der Waals surface area contributed by atoms with Crippen LogP contribution in [-0.2, 0) is 7.05 Å². The lowest BCUT2D eigenvalue weighted by Crippen LogP contribution is -2.12. The minimum Gasteiger partial charge on any atom is -0.478 e. The third-order valence-electron chi connectivity index (χ3n) is 2.58. The Labute approximate surface area is 98.1 Å². The highest BCUT2D eigenvalue weighted by Gasteiger charge is 2.18. The maximum absolute atomic E-state index is 12.2. The van der Waals surface area contributed by atoms with Crippen molar-refractivity contribution in [2.45, 2.75) is 0 Å². The summed E-state index contributed by atoms with van der Waals surface area (Å²) in [6.07, 6.45) is 1.75. The van der Waals surface area contributed by atoms with Crippen LogP contribution in [-0.4, -0.2) is 21.4 Å². The van der Waals surface area contributed by atoms with Gasteiger partial charge in [0.2, 0.25) is 5.78 Å². The number of benzene rings is 1. The fourth-order valence-electron chi connectivity index (χ4n) is 1.70. The van der Waals surface area contributed by atoms with E-state index in [4.69, 9.17) is 5.11 Å². The SMILES string of the molecule is Cn1cccc1C(=O)c1ccccc1C(=O)O. The molecule has 0 spiro atoms. The number of nitrogens with zero attached hydrogens (tertiary/aromatic N) is 1. The van der Waals surface area contributed by atoms with Crippen molar-refractivity contribution in [1.29, 1.82) is 0 Å². The first-order chi connectivity index (χ1) is 8.11. The van der Waals surface area contributed by atoms with Crippen LogP contribution < -0.4 is 0 Å². The number of hydrogen-bond donors (Lipinski definition) is 1. The van der Waals surface area contributed by atoms with Gasteiger partial charge in [0.05, 0.1) is 11.3 Å². The van der Waals surface area contributed by atoms with E-state index < -0.39 is 5.97 Å². The van der Waals surface area contributed by atoms with E-state index in [1.807, 2.05) is 0 Å². The molecule has 0 radical (unpaired) electrons. The molecular formula is C13H11NO3. The molecule has 4 nitrogen and oxygen atoms in total. The van der Waals surface area contributed by atoms with Crippen molar-refractivity contribution in [2.24, 2.45) is 7.05 Å². The summed E-state index contributed by atoms with van der Waals surface area (Å²) in [5.74, 6) is -1.38. The van der Waals surface area contributed by atoms with Crippen molar-refractivity contribution in [1.82, 2.24) is 4.57 Å². The van der Waals surface area contributed by atoms with Gasteiger partial charge in [-0.15, -0.1) is 0 Å².